The van der Waals surface area contributed by atoms with Crippen molar-refractivity contribution in [3.63, 3.8) is 0 Å². The molecule has 1 aromatic rings. The topological polar surface area (TPSA) is 33.2 Å². The predicted octanol–water partition coefficient (Wildman–Crippen LogP) is 3.10. The maximum absolute atomic E-state index is 12.3. The Morgan fingerprint density at radius 2 is 2.24 bits per heavy atom. The first-order valence-corrected chi connectivity index (χ1v) is 6.79. The number of carbonyl (C=O) groups excluding carboxylic acids is 1. The number of amides is 1. The lowest BCUT2D eigenvalue weighted by atomic mass is 10.2. The number of rotatable bonds is 4. The van der Waals surface area contributed by atoms with E-state index in [1.54, 1.807) is 6.20 Å². The molecule has 0 aromatic carbocycles. The van der Waals surface area contributed by atoms with Gasteiger partial charge in [0, 0.05) is 18.8 Å². The molecule has 4 heteroatoms. The summed E-state index contributed by atoms with van der Waals surface area (Å²) in [4.78, 5) is 18.4. The van der Waals surface area contributed by atoms with Crippen LogP contribution >= 0.6 is 15.9 Å². The van der Waals surface area contributed by atoms with Crippen LogP contribution < -0.4 is 0 Å². The summed E-state index contributed by atoms with van der Waals surface area (Å²) in [6.45, 7) is 5.01. The second kappa shape index (κ2) is 5.17. The normalized spacial score (nSPS) is 15.1. The van der Waals surface area contributed by atoms with E-state index in [1.165, 1.54) is 12.8 Å². The van der Waals surface area contributed by atoms with Crippen molar-refractivity contribution in [1.29, 1.82) is 0 Å². The third kappa shape index (κ3) is 3.28. The second-order valence-corrected chi connectivity index (χ2v) is 5.68. The van der Waals surface area contributed by atoms with Crippen LogP contribution in [0.5, 0.6) is 0 Å². The lowest BCUT2D eigenvalue weighted by molar-refractivity contribution is 0.0696. The summed E-state index contributed by atoms with van der Waals surface area (Å²) in [5.41, 5.74) is 0.669. The predicted molar refractivity (Wildman–Crippen MR) is 70.8 cm³/mol. The van der Waals surface area contributed by atoms with Gasteiger partial charge in [0.05, 0.1) is 5.56 Å². The van der Waals surface area contributed by atoms with Crippen molar-refractivity contribution < 1.29 is 4.79 Å². The van der Waals surface area contributed by atoms with E-state index in [-0.39, 0.29) is 11.9 Å². The summed E-state index contributed by atoms with van der Waals surface area (Å²) in [6.07, 6.45) is 4.15. The first-order valence-electron chi connectivity index (χ1n) is 6.00. The number of pyridine rings is 1. The molecule has 0 N–H and O–H groups in total. The Kier molecular flexibility index (Phi) is 3.82. The Hall–Kier alpha value is -0.900. The van der Waals surface area contributed by atoms with Gasteiger partial charge in [0.1, 0.15) is 4.60 Å². The van der Waals surface area contributed by atoms with Gasteiger partial charge < -0.3 is 4.90 Å². The zero-order valence-electron chi connectivity index (χ0n) is 10.2. The molecule has 0 saturated heterocycles. The highest BCUT2D eigenvalue weighted by atomic mass is 79.9. The minimum Gasteiger partial charge on any atom is -0.336 e. The molecule has 1 heterocycles. The van der Waals surface area contributed by atoms with Gasteiger partial charge in [-0.15, -0.1) is 0 Å². The molecule has 0 atom stereocenters. The molecule has 17 heavy (non-hydrogen) atoms. The first kappa shape index (κ1) is 12.6. The lowest BCUT2D eigenvalue weighted by Gasteiger charge is -2.26. The van der Waals surface area contributed by atoms with Crippen molar-refractivity contribution in [1.82, 2.24) is 9.88 Å². The minimum absolute atomic E-state index is 0.0897. The highest BCUT2D eigenvalue weighted by Gasteiger charge is 2.28. The van der Waals surface area contributed by atoms with Crippen LogP contribution in [0.4, 0.5) is 0 Å². The molecule has 0 bridgehead atoms. The fraction of sp³-hybridized carbons (Fsp3) is 0.538. The van der Waals surface area contributed by atoms with E-state index in [0.29, 0.717) is 11.5 Å². The third-order valence-corrected chi connectivity index (χ3v) is 3.48. The van der Waals surface area contributed by atoms with E-state index < -0.39 is 0 Å². The first-order chi connectivity index (χ1) is 8.08. The Balaban J connectivity index is 2.11. The van der Waals surface area contributed by atoms with E-state index in [9.17, 15) is 4.79 Å². The highest BCUT2D eigenvalue weighted by molar-refractivity contribution is 9.10. The number of aromatic nitrogens is 1. The minimum atomic E-state index is 0.0897. The summed E-state index contributed by atoms with van der Waals surface area (Å²) in [6, 6.07) is 3.87. The quantitative estimate of drug-likeness (QED) is 0.800. The van der Waals surface area contributed by atoms with E-state index in [1.807, 2.05) is 17.0 Å². The van der Waals surface area contributed by atoms with Gasteiger partial charge in [0.15, 0.2) is 0 Å². The Morgan fingerprint density at radius 3 is 2.71 bits per heavy atom. The molecule has 1 fully saturated rings. The number of halogens is 1. The molecule has 0 unspecified atom stereocenters. The Morgan fingerprint density at radius 1 is 1.53 bits per heavy atom. The van der Waals surface area contributed by atoms with Crippen molar-refractivity contribution in [3.8, 4) is 0 Å². The maximum Gasteiger partial charge on any atom is 0.255 e. The van der Waals surface area contributed by atoms with Gasteiger partial charge in [-0.25, -0.2) is 4.98 Å². The molecular weight excluding hydrogens is 280 g/mol. The molecule has 1 amide bonds. The zero-order valence-corrected chi connectivity index (χ0v) is 11.8. The number of nitrogens with zero attached hydrogens (tertiary/aromatic N) is 2. The molecular formula is C13H17BrN2O. The maximum atomic E-state index is 12.3. The fourth-order valence-corrected chi connectivity index (χ4v) is 2.01. The van der Waals surface area contributed by atoms with Crippen LogP contribution in [0.2, 0.25) is 0 Å². The number of hydrogen-bond acceptors (Lipinski definition) is 2. The smallest absolute Gasteiger partial charge is 0.255 e. The summed E-state index contributed by atoms with van der Waals surface area (Å²) in [7, 11) is 0. The number of carbonyl (C=O) groups is 1. The van der Waals surface area contributed by atoms with Gasteiger partial charge in [0.25, 0.3) is 5.91 Å². The standard InChI is InChI=1S/C13H17BrN2O/c1-9(2)16(8-10-3-4-10)13(17)11-5-6-12(14)15-7-11/h5-7,9-10H,3-4,8H2,1-2H3. The SMILES string of the molecule is CC(C)N(CC1CC1)C(=O)c1ccc(Br)nc1. The van der Waals surface area contributed by atoms with Crippen LogP contribution in [-0.4, -0.2) is 28.4 Å². The van der Waals surface area contributed by atoms with Crippen molar-refractivity contribution in [3.05, 3.63) is 28.5 Å². The summed E-state index contributed by atoms with van der Waals surface area (Å²) in [5.74, 6) is 0.802. The van der Waals surface area contributed by atoms with Gasteiger partial charge in [-0.2, -0.15) is 0 Å². The van der Waals surface area contributed by atoms with Crippen molar-refractivity contribution in [2.24, 2.45) is 5.92 Å². The molecule has 92 valence electrons. The third-order valence-electron chi connectivity index (χ3n) is 3.01. The van der Waals surface area contributed by atoms with Crippen LogP contribution in [0.1, 0.15) is 37.0 Å². The van der Waals surface area contributed by atoms with Gasteiger partial charge in [0.2, 0.25) is 0 Å². The Labute approximate surface area is 110 Å². The van der Waals surface area contributed by atoms with E-state index in [2.05, 4.69) is 34.8 Å². The highest BCUT2D eigenvalue weighted by Crippen LogP contribution is 2.30. The average molecular weight is 297 g/mol. The van der Waals surface area contributed by atoms with Crippen LogP contribution in [0.15, 0.2) is 22.9 Å². The molecule has 0 spiro atoms. The average Bonchev–Trinajstić information content (AvgIpc) is 3.09. The van der Waals surface area contributed by atoms with Crippen molar-refractivity contribution >= 4 is 21.8 Å². The van der Waals surface area contributed by atoms with Gasteiger partial charge in [-0.05, 0) is 60.7 Å². The molecule has 1 aliphatic carbocycles. The molecule has 2 rings (SSSR count). The van der Waals surface area contributed by atoms with Crippen molar-refractivity contribution in [2.75, 3.05) is 6.54 Å². The number of hydrogen-bond donors (Lipinski definition) is 0. The van der Waals surface area contributed by atoms with Gasteiger partial charge in [-0.3, -0.25) is 4.79 Å². The van der Waals surface area contributed by atoms with Crippen LogP contribution in [0, 0.1) is 5.92 Å². The summed E-state index contributed by atoms with van der Waals surface area (Å²) < 4.78 is 0.757. The monoisotopic (exact) mass is 296 g/mol. The summed E-state index contributed by atoms with van der Waals surface area (Å²) in [5, 5.41) is 0. The molecule has 0 aliphatic heterocycles. The van der Waals surface area contributed by atoms with Crippen LogP contribution in [0.3, 0.4) is 0 Å². The molecule has 3 nitrogen and oxygen atoms in total. The van der Waals surface area contributed by atoms with E-state index in [4.69, 9.17) is 0 Å². The van der Waals surface area contributed by atoms with E-state index in [0.717, 1.165) is 11.1 Å². The fourth-order valence-electron chi connectivity index (χ4n) is 1.77. The van der Waals surface area contributed by atoms with Crippen LogP contribution in [0.25, 0.3) is 0 Å². The Bertz CT molecular complexity index is 398. The van der Waals surface area contributed by atoms with Gasteiger partial charge in [-0.1, -0.05) is 0 Å². The van der Waals surface area contributed by atoms with Crippen molar-refractivity contribution in [2.45, 2.75) is 32.7 Å². The van der Waals surface area contributed by atoms with Crippen LogP contribution in [-0.2, 0) is 0 Å². The van der Waals surface area contributed by atoms with Gasteiger partial charge >= 0.3 is 0 Å². The van der Waals surface area contributed by atoms with E-state index >= 15 is 0 Å². The molecule has 1 aromatic heterocycles. The molecule has 1 aliphatic rings. The molecule has 0 radical (unpaired) electrons. The molecule has 1 saturated carbocycles. The summed E-state index contributed by atoms with van der Waals surface area (Å²) >= 11 is 3.27. The largest absolute Gasteiger partial charge is 0.336 e. The zero-order chi connectivity index (χ0) is 12.4. The second-order valence-electron chi connectivity index (χ2n) is 4.86. The lowest BCUT2D eigenvalue weighted by Crippen LogP contribution is -2.38.